The second kappa shape index (κ2) is 7.69. The molecule has 0 aliphatic heterocycles. The van der Waals surface area contributed by atoms with Crippen LogP contribution in [0.3, 0.4) is 0 Å². The smallest absolute Gasteiger partial charge is 0.246 e. The van der Waals surface area contributed by atoms with Crippen molar-refractivity contribution in [2.45, 2.75) is 13.8 Å². The Bertz CT molecular complexity index is 817. The van der Waals surface area contributed by atoms with E-state index in [1.165, 1.54) is 0 Å². The molecule has 25 heavy (non-hydrogen) atoms. The number of aliphatic imine (C=N–C) groups is 1. The number of nitrogens with two attached hydrogens (primary N) is 1. The number of hydrogen-bond acceptors (Lipinski definition) is 2. The molecule has 0 saturated carbocycles. The van der Waals surface area contributed by atoms with Gasteiger partial charge in [-0.2, -0.15) is 0 Å². The van der Waals surface area contributed by atoms with Crippen molar-refractivity contribution in [3.63, 3.8) is 0 Å². The minimum atomic E-state index is -1.66. The number of guanidine groups is 1. The fourth-order valence-electron chi connectivity index (χ4n) is 2.20. The molecule has 1 amide bonds. The van der Waals surface area contributed by atoms with E-state index in [9.17, 15) is 18.0 Å². The third kappa shape index (κ3) is 4.97. The van der Waals surface area contributed by atoms with Crippen LogP contribution in [-0.4, -0.2) is 18.4 Å². The van der Waals surface area contributed by atoms with Gasteiger partial charge >= 0.3 is 0 Å². The van der Waals surface area contributed by atoms with Crippen molar-refractivity contribution in [3.8, 4) is 0 Å². The standard InChI is InChI=1S/C17H17F3N4O/c1-9-5-10(2)7-11(6-9)23-17(21)22-8-14(25)24-13-4-3-12(18)15(19)16(13)20/h3-7H,8H2,1-2H3,(H,24,25)(H3,21,22,23). The molecule has 0 aliphatic rings. The number of rotatable bonds is 4. The summed E-state index contributed by atoms with van der Waals surface area (Å²) in [6.07, 6.45) is 0. The number of amides is 1. The van der Waals surface area contributed by atoms with E-state index in [-0.39, 0.29) is 5.96 Å². The first-order chi connectivity index (χ1) is 11.8. The maximum absolute atomic E-state index is 13.5. The van der Waals surface area contributed by atoms with E-state index in [0.29, 0.717) is 11.8 Å². The van der Waals surface area contributed by atoms with E-state index in [0.717, 1.165) is 17.2 Å². The first kappa shape index (κ1) is 18.3. The molecule has 2 rings (SSSR count). The van der Waals surface area contributed by atoms with Crippen molar-refractivity contribution in [2.75, 3.05) is 17.2 Å². The number of carbonyl (C=O) groups excluding carboxylic acids is 1. The molecule has 0 fully saturated rings. The molecular formula is C17H17F3N4O. The van der Waals surface area contributed by atoms with E-state index in [4.69, 9.17) is 5.73 Å². The van der Waals surface area contributed by atoms with Crippen LogP contribution in [0, 0.1) is 31.3 Å². The van der Waals surface area contributed by atoms with Crippen molar-refractivity contribution >= 4 is 23.2 Å². The van der Waals surface area contributed by atoms with Crippen LogP contribution >= 0.6 is 0 Å². The van der Waals surface area contributed by atoms with Gasteiger partial charge in [0.25, 0.3) is 0 Å². The number of halogens is 3. The first-order valence-electron chi connectivity index (χ1n) is 7.35. The quantitative estimate of drug-likeness (QED) is 0.450. The van der Waals surface area contributed by atoms with E-state index in [1.807, 2.05) is 32.0 Å². The van der Waals surface area contributed by atoms with Gasteiger partial charge in [-0.05, 0) is 49.2 Å². The van der Waals surface area contributed by atoms with E-state index < -0.39 is 35.6 Å². The zero-order chi connectivity index (χ0) is 18.6. The monoisotopic (exact) mass is 350 g/mol. The van der Waals surface area contributed by atoms with E-state index in [2.05, 4.69) is 15.6 Å². The van der Waals surface area contributed by atoms with Crippen LogP contribution < -0.4 is 16.4 Å². The average molecular weight is 350 g/mol. The van der Waals surface area contributed by atoms with Crippen LogP contribution in [0.4, 0.5) is 24.5 Å². The molecule has 0 atom stereocenters. The molecule has 5 nitrogen and oxygen atoms in total. The predicted octanol–water partition coefficient (Wildman–Crippen LogP) is 3.09. The number of carbonyl (C=O) groups is 1. The average Bonchev–Trinajstić information content (AvgIpc) is 2.52. The summed E-state index contributed by atoms with van der Waals surface area (Å²) in [5.41, 5.74) is 8.00. The Morgan fingerprint density at radius 3 is 2.32 bits per heavy atom. The zero-order valence-electron chi connectivity index (χ0n) is 13.7. The molecule has 4 N–H and O–H groups in total. The second-order valence-electron chi connectivity index (χ2n) is 5.47. The molecule has 2 aromatic rings. The lowest BCUT2D eigenvalue weighted by Gasteiger charge is -2.09. The second-order valence-corrected chi connectivity index (χ2v) is 5.47. The normalized spacial score (nSPS) is 11.3. The van der Waals surface area contributed by atoms with Gasteiger partial charge in [0.15, 0.2) is 23.4 Å². The van der Waals surface area contributed by atoms with Gasteiger partial charge in [0.1, 0.15) is 6.54 Å². The fourth-order valence-corrected chi connectivity index (χ4v) is 2.20. The number of hydrogen-bond donors (Lipinski definition) is 3. The molecule has 8 heteroatoms. The first-order valence-corrected chi connectivity index (χ1v) is 7.35. The van der Waals surface area contributed by atoms with Gasteiger partial charge in [-0.3, -0.25) is 4.79 Å². The lowest BCUT2D eigenvalue weighted by Crippen LogP contribution is -2.25. The van der Waals surface area contributed by atoms with Crippen LogP contribution in [0.2, 0.25) is 0 Å². The Morgan fingerprint density at radius 1 is 1.04 bits per heavy atom. The van der Waals surface area contributed by atoms with Crippen molar-refractivity contribution in [1.29, 1.82) is 0 Å². The molecule has 0 aliphatic carbocycles. The maximum atomic E-state index is 13.5. The van der Waals surface area contributed by atoms with Crippen LogP contribution in [0.1, 0.15) is 11.1 Å². The molecule has 0 heterocycles. The number of nitrogens with one attached hydrogen (secondary N) is 2. The molecule has 0 spiro atoms. The Morgan fingerprint density at radius 2 is 1.68 bits per heavy atom. The Labute approximate surface area is 142 Å². The van der Waals surface area contributed by atoms with Gasteiger partial charge in [-0.15, -0.1) is 0 Å². The highest BCUT2D eigenvalue weighted by Gasteiger charge is 2.15. The molecule has 2 aromatic carbocycles. The van der Waals surface area contributed by atoms with Crippen LogP contribution in [0.15, 0.2) is 35.3 Å². The number of nitrogens with zero attached hydrogens (tertiary/aromatic N) is 1. The van der Waals surface area contributed by atoms with Crippen LogP contribution in [0.5, 0.6) is 0 Å². The zero-order valence-corrected chi connectivity index (χ0v) is 13.7. The molecular weight excluding hydrogens is 333 g/mol. The third-order valence-electron chi connectivity index (χ3n) is 3.20. The number of aryl methyl sites for hydroxylation is 2. The van der Waals surface area contributed by atoms with E-state index in [1.54, 1.807) is 0 Å². The third-order valence-corrected chi connectivity index (χ3v) is 3.20. The SMILES string of the molecule is Cc1cc(C)cc(NC(N)=NCC(=O)Nc2ccc(F)c(F)c2F)c1. The van der Waals surface area contributed by atoms with Crippen molar-refractivity contribution in [2.24, 2.45) is 10.7 Å². The Hall–Kier alpha value is -3.03. The summed E-state index contributed by atoms with van der Waals surface area (Å²) >= 11 is 0. The summed E-state index contributed by atoms with van der Waals surface area (Å²) in [5.74, 6) is -5.20. The lowest BCUT2D eigenvalue weighted by molar-refractivity contribution is -0.114. The molecule has 0 aromatic heterocycles. The van der Waals surface area contributed by atoms with Gasteiger partial charge in [-0.25, -0.2) is 18.2 Å². The van der Waals surface area contributed by atoms with Crippen molar-refractivity contribution in [1.82, 2.24) is 0 Å². The minimum absolute atomic E-state index is 0.00842. The van der Waals surface area contributed by atoms with Crippen molar-refractivity contribution < 1.29 is 18.0 Å². The van der Waals surface area contributed by atoms with Gasteiger partial charge in [0, 0.05) is 5.69 Å². The lowest BCUT2D eigenvalue weighted by atomic mass is 10.1. The molecule has 132 valence electrons. The summed E-state index contributed by atoms with van der Waals surface area (Å²) in [6.45, 7) is 3.44. The highest BCUT2D eigenvalue weighted by molar-refractivity contribution is 5.97. The predicted molar refractivity (Wildman–Crippen MR) is 91.0 cm³/mol. The molecule has 0 radical (unpaired) electrons. The van der Waals surface area contributed by atoms with Gasteiger partial charge in [0.2, 0.25) is 5.91 Å². The largest absolute Gasteiger partial charge is 0.370 e. The summed E-state index contributed by atoms with van der Waals surface area (Å²) in [7, 11) is 0. The summed E-state index contributed by atoms with van der Waals surface area (Å²) in [6, 6.07) is 7.33. The molecule has 0 unspecified atom stereocenters. The minimum Gasteiger partial charge on any atom is -0.370 e. The van der Waals surface area contributed by atoms with Gasteiger partial charge in [-0.1, -0.05) is 6.07 Å². The topological polar surface area (TPSA) is 79.5 Å². The number of benzene rings is 2. The highest BCUT2D eigenvalue weighted by atomic mass is 19.2. The summed E-state index contributed by atoms with van der Waals surface area (Å²) in [5, 5.41) is 4.94. The summed E-state index contributed by atoms with van der Waals surface area (Å²) in [4.78, 5) is 15.6. The van der Waals surface area contributed by atoms with Gasteiger partial charge in [0.05, 0.1) is 5.69 Å². The molecule has 0 saturated heterocycles. The van der Waals surface area contributed by atoms with Gasteiger partial charge < -0.3 is 16.4 Å². The van der Waals surface area contributed by atoms with Crippen molar-refractivity contribution in [3.05, 3.63) is 58.9 Å². The Balaban J connectivity index is 1.98. The van der Waals surface area contributed by atoms with E-state index >= 15 is 0 Å². The Kier molecular flexibility index (Phi) is 5.63. The van der Waals surface area contributed by atoms with Crippen LogP contribution in [0.25, 0.3) is 0 Å². The highest BCUT2D eigenvalue weighted by Crippen LogP contribution is 2.19. The summed E-state index contributed by atoms with van der Waals surface area (Å²) < 4.78 is 39.4. The maximum Gasteiger partial charge on any atom is 0.246 e. The molecule has 0 bridgehead atoms. The number of anilines is 2. The van der Waals surface area contributed by atoms with Crippen LogP contribution in [-0.2, 0) is 4.79 Å². The fraction of sp³-hybridized carbons (Fsp3) is 0.176.